The highest BCUT2D eigenvalue weighted by Gasteiger charge is 2.17. The number of rotatable bonds is 6. The van der Waals surface area contributed by atoms with E-state index in [0.717, 1.165) is 10.7 Å². The third-order valence-electron chi connectivity index (χ3n) is 1.95. The second-order valence-corrected chi connectivity index (χ2v) is 6.58. The molecule has 1 unspecified atom stereocenters. The highest BCUT2D eigenvalue weighted by Crippen LogP contribution is 2.26. The predicted octanol–water partition coefficient (Wildman–Crippen LogP) is 2.41. The summed E-state index contributed by atoms with van der Waals surface area (Å²) in [6, 6.07) is 0. The molecular formula is C10H12N2O2S3. The van der Waals surface area contributed by atoms with Crippen molar-refractivity contribution in [1.82, 2.24) is 9.97 Å². The van der Waals surface area contributed by atoms with Crippen molar-refractivity contribution in [2.45, 2.75) is 11.3 Å². The van der Waals surface area contributed by atoms with Crippen LogP contribution >= 0.6 is 22.7 Å². The summed E-state index contributed by atoms with van der Waals surface area (Å²) < 4.78 is 17.7. The van der Waals surface area contributed by atoms with Crippen LogP contribution in [0, 0.1) is 0 Å². The Morgan fingerprint density at radius 1 is 1.47 bits per heavy atom. The van der Waals surface area contributed by atoms with Gasteiger partial charge in [0.2, 0.25) is 0 Å². The topological polar surface area (TPSA) is 58.1 Å². The lowest BCUT2D eigenvalue weighted by Crippen LogP contribution is -2.12. The largest absolute Gasteiger partial charge is 0.609 e. The van der Waals surface area contributed by atoms with Gasteiger partial charge in [-0.25, -0.2) is 4.98 Å². The molecule has 0 aliphatic heterocycles. The van der Waals surface area contributed by atoms with E-state index in [4.69, 9.17) is 4.74 Å². The molecule has 2 heterocycles. The van der Waals surface area contributed by atoms with Gasteiger partial charge in [0.05, 0.1) is 6.61 Å². The summed E-state index contributed by atoms with van der Waals surface area (Å²) in [5, 5.41) is 4.67. The molecule has 0 radical (unpaired) electrons. The SMILES string of the molecule is CCOCC[S+]([O-])c1nc(-c2nccs2)cs1. The van der Waals surface area contributed by atoms with Gasteiger partial charge in [-0.1, -0.05) is 11.3 Å². The molecular weight excluding hydrogens is 276 g/mol. The molecule has 0 fully saturated rings. The van der Waals surface area contributed by atoms with Crippen LogP contribution in [0.4, 0.5) is 0 Å². The van der Waals surface area contributed by atoms with E-state index in [2.05, 4.69) is 9.97 Å². The molecule has 0 bridgehead atoms. The van der Waals surface area contributed by atoms with Gasteiger partial charge in [0, 0.05) is 34.7 Å². The Morgan fingerprint density at radius 3 is 3.06 bits per heavy atom. The molecule has 0 aliphatic rings. The average molecular weight is 288 g/mol. The van der Waals surface area contributed by atoms with Crippen molar-refractivity contribution in [1.29, 1.82) is 0 Å². The molecule has 0 spiro atoms. The van der Waals surface area contributed by atoms with Gasteiger partial charge in [-0.3, -0.25) is 0 Å². The molecule has 2 rings (SSSR count). The zero-order valence-corrected chi connectivity index (χ0v) is 11.7. The van der Waals surface area contributed by atoms with E-state index in [1.54, 1.807) is 6.20 Å². The minimum Gasteiger partial charge on any atom is -0.609 e. The van der Waals surface area contributed by atoms with Crippen LogP contribution in [-0.2, 0) is 15.9 Å². The smallest absolute Gasteiger partial charge is 0.302 e. The van der Waals surface area contributed by atoms with E-state index in [9.17, 15) is 4.55 Å². The van der Waals surface area contributed by atoms with Crippen LogP contribution in [0.2, 0.25) is 0 Å². The summed E-state index contributed by atoms with van der Waals surface area (Å²) >= 11 is 1.88. The molecule has 4 nitrogen and oxygen atoms in total. The summed E-state index contributed by atoms with van der Waals surface area (Å²) in [6.07, 6.45) is 1.74. The van der Waals surface area contributed by atoms with Crippen molar-refractivity contribution in [3.05, 3.63) is 17.0 Å². The Bertz CT molecular complexity index is 444. The van der Waals surface area contributed by atoms with Crippen molar-refractivity contribution in [2.24, 2.45) is 0 Å². The second-order valence-electron chi connectivity index (χ2n) is 3.08. The quantitative estimate of drug-likeness (QED) is 0.605. The lowest BCUT2D eigenvalue weighted by atomic mass is 10.5. The fourth-order valence-corrected chi connectivity index (χ4v) is 3.84. The maximum Gasteiger partial charge on any atom is 0.302 e. The van der Waals surface area contributed by atoms with Gasteiger partial charge < -0.3 is 9.29 Å². The molecule has 2 aromatic rings. The molecule has 0 aromatic carbocycles. The number of nitrogens with zero attached hydrogens (tertiary/aromatic N) is 2. The Hall–Kier alpha value is -0.470. The van der Waals surface area contributed by atoms with Crippen LogP contribution in [0.25, 0.3) is 10.7 Å². The van der Waals surface area contributed by atoms with Gasteiger partial charge in [0.1, 0.15) is 16.5 Å². The molecule has 1 atom stereocenters. The van der Waals surface area contributed by atoms with Crippen LogP contribution in [0.5, 0.6) is 0 Å². The molecule has 0 amide bonds. The Labute approximate surface area is 111 Å². The molecule has 0 aliphatic carbocycles. The van der Waals surface area contributed by atoms with Crippen molar-refractivity contribution >= 4 is 33.8 Å². The maximum absolute atomic E-state index is 11.9. The molecule has 2 aromatic heterocycles. The van der Waals surface area contributed by atoms with Crippen LogP contribution in [0.15, 0.2) is 21.3 Å². The van der Waals surface area contributed by atoms with Gasteiger partial charge in [-0.15, -0.1) is 11.3 Å². The fraction of sp³-hybridized carbons (Fsp3) is 0.400. The van der Waals surface area contributed by atoms with E-state index in [1.807, 2.05) is 17.7 Å². The van der Waals surface area contributed by atoms with Crippen molar-refractivity contribution in [3.8, 4) is 10.7 Å². The monoisotopic (exact) mass is 288 g/mol. The van der Waals surface area contributed by atoms with E-state index in [1.165, 1.54) is 22.7 Å². The van der Waals surface area contributed by atoms with E-state index in [0.29, 0.717) is 23.3 Å². The van der Waals surface area contributed by atoms with Crippen molar-refractivity contribution in [2.75, 3.05) is 19.0 Å². The van der Waals surface area contributed by atoms with Gasteiger partial charge in [0.25, 0.3) is 0 Å². The Morgan fingerprint density at radius 2 is 2.35 bits per heavy atom. The number of aromatic nitrogens is 2. The highest BCUT2D eigenvalue weighted by molar-refractivity contribution is 7.93. The Balaban J connectivity index is 1.98. The van der Waals surface area contributed by atoms with Gasteiger partial charge in [0.15, 0.2) is 0 Å². The Kier molecular flexibility index (Phi) is 4.93. The number of ether oxygens (including phenoxy) is 1. The van der Waals surface area contributed by atoms with Crippen molar-refractivity contribution in [3.63, 3.8) is 0 Å². The standard InChI is InChI=1S/C10H12N2O2S3/c1-2-14-4-6-17(13)10-12-8(7-16-10)9-11-3-5-15-9/h3,5,7H,2,4,6H2,1H3. The fourth-order valence-electron chi connectivity index (χ4n) is 1.18. The highest BCUT2D eigenvalue weighted by atomic mass is 32.2. The minimum absolute atomic E-state index is 0.499. The number of hydrogen-bond donors (Lipinski definition) is 0. The van der Waals surface area contributed by atoms with E-state index >= 15 is 0 Å². The first-order valence-corrected chi connectivity index (χ1v) is 8.20. The maximum atomic E-state index is 11.9. The summed E-state index contributed by atoms with van der Waals surface area (Å²) in [6.45, 7) is 3.08. The van der Waals surface area contributed by atoms with E-state index in [-0.39, 0.29) is 0 Å². The second kappa shape index (κ2) is 6.46. The average Bonchev–Trinajstić information content (AvgIpc) is 3.00. The molecule has 7 heteroatoms. The normalized spacial score (nSPS) is 12.8. The summed E-state index contributed by atoms with van der Waals surface area (Å²) in [5.41, 5.74) is 0.810. The number of thiazole rings is 2. The molecule has 17 heavy (non-hydrogen) atoms. The predicted molar refractivity (Wildman–Crippen MR) is 71.0 cm³/mol. The lowest BCUT2D eigenvalue weighted by molar-refractivity contribution is 0.163. The van der Waals surface area contributed by atoms with Gasteiger partial charge in [-0.2, -0.15) is 4.98 Å². The summed E-state index contributed by atoms with van der Waals surface area (Å²) in [4.78, 5) is 8.52. The summed E-state index contributed by atoms with van der Waals surface area (Å²) in [7, 11) is 0. The summed E-state index contributed by atoms with van der Waals surface area (Å²) in [5.74, 6) is 0.499. The van der Waals surface area contributed by atoms with Crippen LogP contribution in [-0.4, -0.2) is 33.5 Å². The minimum atomic E-state index is -1.07. The van der Waals surface area contributed by atoms with Crippen LogP contribution in [0.1, 0.15) is 6.92 Å². The third kappa shape index (κ3) is 3.49. The lowest BCUT2D eigenvalue weighted by Gasteiger charge is -2.05. The molecule has 0 N–H and O–H groups in total. The first-order chi connectivity index (χ1) is 8.31. The van der Waals surface area contributed by atoms with Crippen LogP contribution in [0.3, 0.4) is 0 Å². The van der Waals surface area contributed by atoms with Gasteiger partial charge in [-0.05, 0) is 6.92 Å². The van der Waals surface area contributed by atoms with Gasteiger partial charge >= 0.3 is 4.34 Å². The molecule has 0 saturated heterocycles. The number of hydrogen-bond acceptors (Lipinski definition) is 6. The first kappa shape index (κ1) is 13.0. The molecule has 0 saturated carbocycles. The van der Waals surface area contributed by atoms with E-state index < -0.39 is 11.2 Å². The molecule has 92 valence electrons. The zero-order chi connectivity index (χ0) is 12.1. The third-order valence-corrected chi connectivity index (χ3v) is 5.24. The van der Waals surface area contributed by atoms with Crippen LogP contribution < -0.4 is 0 Å². The zero-order valence-electron chi connectivity index (χ0n) is 9.29. The van der Waals surface area contributed by atoms with Crippen molar-refractivity contribution < 1.29 is 9.29 Å². The first-order valence-electron chi connectivity index (χ1n) is 5.12.